The van der Waals surface area contributed by atoms with Gasteiger partial charge >= 0.3 is 65.2 Å². The van der Waals surface area contributed by atoms with E-state index in [-0.39, 0.29) is 115 Å². The van der Waals surface area contributed by atoms with Crippen molar-refractivity contribution in [2.45, 2.75) is 87.8 Å². The van der Waals surface area contributed by atoms with E-state index < -0.39 is 53.5 Å². The maximum atomic E-state index is 13.4. The third-order valence-electron chi connectivity index (χ3n) is 11.8. The molecule has 0 aliphatic heterocycles. The fourth-order valence-corrected chi connectivity index (χ4v) is 8.14. The van der Waals surface area contributed by atoms with Crippen LogP contribution in [0.5, 0.6) is 23.0 Å². The summed E-state index contributed by atoms with van der Waals surface area (Å²) >= 11 is 0. The zero-order chi connectivity index (χ0) is 48.2. The number of unbranched alkanes of at least 4 members (excludes halogenated alkanes) is 1. The molecule has 20 heteroatoms. The van der Waals surface area contributed by atoms with Gasteiger partial charge in [0, 0.05) is 34.0 Å². The minimum absolute atomic E-state index is 0. The Hall–Kier alpha value is -4.60. The van der Waals surface area contributed by atoms with Gasteiger partial charge in [0.2, 0.25) is 0 Å². The van der Waals surface area contributed by atoms with Crippen LogP contribution in [0.4, 0.5) is 21.9 Å². The number of carbonyl (C=O) groups is 2. The summed E-state index contributed by atoms with van der Waals surface area (Å²) in [4.78, 5) is 24.8. The normalized spacial score (nSPS) is 12.1. The molecule has 2 amide bonds. The number of anilines is 1. The molecule has 68 heavy (non-hydrogen) atoms. The number of nitrogens with one attached hydrogen (secondary N) is 2. The van der Waals surface area contributed by atoms with Gasteiger partial charge in [-0.3, -0.25) is 10.1 Å². The van der Waals surface area contributed by atoms with Crippen molar-refractivity contribution in [3.05, 3.63) is 114 Å². The fourth-order valence-electron chi connectivity index (χ4n) is 7.03. The van der Waals surface area contributed by atoms with Gasteiger partial charge in [0.05, 0.1) is 27.6 Å². The number of hydrogen-bond donors (Lipinski definition) is 4. The van der Waals surface area contributed by atoms with Crippen LogP contribution in [0.2, 0.25) is 0 Å². The minimum atomic E-state index is -5.28. The molecule has 0 aliphatic carbocycles. The van der Waals surface area contributed by atoms with Gasteiger partial charge in [-0.1, -0.05) is 84.0 Å². The standard InChI is InChI=1S/C48H52N4O12S2.2Na/c1-7-47(3,4)30-15-22-39(38(27-30)48(5,6)8-2)63-24-12-11-23-49-45(55)37-28-40(35-13-9-10-14-36(35)43(37)53)64-46(56)50-31-16-18-32(19-17-31)51-52-42-34-21-20-33(65(57,58)59)25-29(34)26-41(44(42)54)66(60,61)62;;/h9-10,13-22,25-28,53-54H,7-8,11-12,23-24H2,1-6H3,(H,49,55)(H,50,56)(H,57,58,59)(H,60,61,62);;/q;2*+1/p-2. The second-order valence-electron chi connectivity index (χ2n) is 16.9. The summed E-state index contributed by atoms with van der Waals surface area (Å²) < 4.78 is 82.3. The van der Waals surface area contributed by atoms with Crippen molar-refractivity contribution >= 4 is 70.8 Å². The molecule has 0 heterocycles. The third-order valence-corrected chi connectivity index (χ3v) is 13.4. The minimum Gasteiger partial charge on any atom is -0.744 e. The Morgan fingerprint density at radius 3 is 2.00 bits per heavy atom. The molecule has 0 unspecified atom stereocenters. The van der Waals surface area contributed by atoms with Crippen molar-refractivity contribution < 1.29 is 114 Å². The summed E-state index contributed by atoms with van der Waals surface area (Å²) in [6, 6.07) is 23.6. The number of nitrogens with zero attached hydrogens (tertiary/aromatic N) is 2. The summed E-state index contributed by atoms with van der Waals surface area (Å²) in [5, 5.41) is 35.6. The summed E-state index contributed by atoms with van der Waals surface area (Å²) in [6.45, 7) is 14.0. The van der Waals surface area contributed by atoms with Gasteiger partial charge in [-0.25, -0.2) is 21.6 Å². The van der Waals surface area contributed by atoms with Crippen molar-refractivity contribution in [2.24, 2.45) is 10.2 Å². The molecule has 0 spiro atoms. The van der Waals surface area contributed by atoms with Crippen LogP contribution in [-0.2, 0) is 31.1 Å². The number of phenolic OH excluding ortho intramolecular Hbond substituents is 2. The molecule has 0 radical (unpaired) electrons. The molecular weight excluding hydrogens is 935 g/mol. The number of phenols is 2. The number of aromatic hydroxyl groups is 2. The summed E-state index contributed by atoms with van der Waals surface area (Å²) in [6.07, 6.45) is 2.26. The fraction of sp³-hybridized carbons (Fsp3) is 0.292. The molecule has 0 aromatic heterocycles. The van der Waals surface area contributed by atoms with Crippen LogP contribution in [0.25, 0.3) is 21.5 Å². The molecule has 6 rings (SSSR count). The quantitative estimate of drug-likeness (QED) is 0.0434. The molecule has 0 saturated heterocycles. The first-order chi connectivity index (χ1) is 31.0. The first kappa shape index (κ1) is 56.0. The van der Waals surface area contributed by atoms with E-state index in [0.717, 1.165) is 48.4 Å². The van der Waals surface area contributed by atoms with Crippen molar-refractivity contribution in [3.8, 4) is 23.0 Å². The molecule has 6 aromatic carbocycles. The smallest absolute Gasteiger partial charge is 0.744 e. The maximum Gasteiger partial charge on any atom is 1.00 e. The number of ether oxygens (including phenoxy) is 2. The number of rotatable bonds is 17. The van der Waals surface area contributed by atoms with Crippen LogP contribution in [0.3, 0.4) is 0 Å². The van der Waals surface area contributed by atoms with Crippen molar-refractivity contribution in [1.29, 1.82) is 0 Å². The van der Waals surface area contributed by atoms with Crippen molar-refractivity contribution in [1.82, 2.24) is 5.32 Å². The zero-order valence-corrected chi connectivity index (χ0v) is 44.8. The van der Waals surface area contributed by atoms with E-state index in [9.17, 15) is 45.7 Å². The van der Waals surface area contributed by atoms with Crippen LogP contribution >= 0.6 is 0 Å². The van der Waals surface area contributed by atoms with Crippen LogP contribution < -0.4 is 79.2 Å². The molecule has 0 aliphatic rings. The summed E-state index contributed by atoms with van der Waals surface area (Å²) in [5.41, 5.74) is 2.16. The van der Waals surface area contributed by atoms with Gasteiger partial charge in [-0.15, -0.1) is 5.11 Å². The Balaban J connectivity index is 0.00000504. The van der Waals surface area contributed by atoms with Crippen LogP contribution in [-0.4, -0.2) is 61.3 Å². The van der Waals surface area contributed by atoms with E-state index in [1.165, 1.54) is 35.9 Å². The van der Waals surface area contributed by atoms with Gasteiger partial charge in [0.15, 0.2) is 5.75 Å². The van der Waals surface area contributed by atoms with E-state index >= 15 is 0 Å². The van der Waals surface area contributed by atoms with E-state index in [2.05, 4.69) is 80.6 Å². The number of amides is 2. The predicted molar refractivity (Wildman–Crippen MR) is 248 cm³/mol. The Labute approximate surface area is 440 Å². The van der Waals surface area contributed by atoms with E-state index in [1.54, 1.807) is 24.3 Å². The Kier molecular flexibility index (Phi) is 18.8. The first-order valence-electron chi connectivity index (χ1n) is 21.1. The number of carbonyl (C=O) groups excluding carboxylic acids is 2. The van der Waals surface area contributed by atoms with Gasteiger partial charge in [-0.2, -0.15) is 5.11 Å². The first-order valence-corrected chi connectivity index (χ1v) is 23.9. The number of benzene rings is 6. The van der Waals surface area contributed by atoms with Crippen LogP contribution in [0.15, 0.2) is 117 Å². The Morgan fingerprint density at radius 1 is 0.706 bits per heavy atom. The average molecular weight is 985 g/mol. The molecule has 0 fully saturated rings. The maximum absolute atomic E-state index is 13.4. The van der Waals surface area contributed by atoms with Crippen molar-refractivity contribution in [2.75, 3.05) is 18.5 Å². The summed E-state index contributed by atoms with van der Waals surface area (Å²) in [5.74, 6) is -1.05. The molecule has 0 saturated carbocycles. The van der Waals surface area contributed by atoms with Gasteiger partial charge in [0.1, 0.15) is 43.2 Å². The number of hydrogen-bond acceptors (Lipinski definition) is 14. The molecule has 0 atom stereocenters. The third kappa shape index (κ3) is 13.2. The number of fused-ring (bicyclic) bond motifs is 2. The average Bonchev–Trinajstić information content (AvgIpc) is 3.27. The second-order valence-corrected chi connectivity index (χ2v) is 19.7. The van der Waals surface area contributed by atoms with E-state index in [0.29, 0.717) is 31.4 Å². The SMILES string of the molecule is CCC(C)(C)c1ccc(OCCCCNC(=O)c2cc(OC(=O)Nc3ccc(N=Nc4c(O)c(S(=O)(=O)[O-])cc5cc(S(=O)(=O)[O-])ccc45)cc3)c3ccccc3c2O)c(C(C)(C)CC)c1.[Na+].[Na+]. The summed E-state index contributed by atoms with van der Waals surface area (Å²) in [7, 11) is -10.2. The van der Waals surface area contributed by atoms with Crippen LogP contribution in [0, 0.1) is 0 Å². The second kappa shape index (κ2) is 22.9. The monoisotopic (exact) mass is 984 g/mol. The molecule has 348 valence electrons. The largest absolute Gasteiger partial charge is 1.00 e. The van der Waals surface area contributed by atoms with E-state index in [1.807, 2.05) is 0 Å². The topological polar surface area (TPSA) is 256 Å². The Morgan fingerprint density at radius 2 is 1.37 bits per heavy atom. The predicted octanol–water partition coefficient (Wildman–Crippen LogP) is 4.21. The molecule has 16 nitrogen and oxygen atoms in total. The molecule has 6 aromatic rings. The van der Waals surface area contributed by atoms with Gasteiger partial charge in [0.25, 0.3) is 5.91 Å². The number of azo groups is 1. The van der Waals surface area contributed by atoms with E-state index in [4.69, 9.17) is 9.47 Å². The molecular formula is C48H50N4Na2O12S2. The molecule has 4 N–H and O–H groups in total. The van der Waals surface area contributed by atoms with Crippen LogP contribution in [0.1, 0.15) is 88.7 Å². The molecule has 0 bridgehead atoms. The zero-order valence-electron chi connectivity index (χ0n) is 39.2. The van der Waals surface area contributed by atoms with Gasteiger partial charge < -0.3 is 34.1 Å². The Bertz CT molecular complexity index is 3090. The van der Waals surface area contributed by atoms with Crippen molar-refractivity contribution in [3.63, 3.8) is 0 Å². The van der Waals surface area contributed by atoms with Gasteiger partial charge in [-0.05, 0) is 102 Å².